The SMILES string of the molecule is Brc1ccnc2[nH]ccc12.CCS(=O)(=O)N1CC(=CC#N)C1.CCS(=O)(=O)N1CC(CC#N)(n2cc(-c3ccnc4[nH]ccc34)c(C)n2)C1.CCS(=O)(=O)N1CC(CC#N)(n2cc(-c3ccnc4c3ccn4COCC[Si](C)(C)C)c(C)n2)C1.C[Si](C)(C)CCOCn1ccc2c(Br)ccnc21.Cc1[nH]ncc1-c1ccnc2c1ccn2COCC[Si](C)(C)C.Cc1[nH]ncc1B1OC(C)(C)C(C)(C)O1. The van der Waals surface area contributed by atoms with Gasteiger partial charge in [-0.3, -0.25) is 19.6 Å². The highest BCUT2D eigenvalue weighted by Gasteiger charge is 2.54. The molecule has 140 heavy (non-hydrogen) atoms. The van der Waals surface area contributed by atoms with Crippen molar-refractivity contribution in [2.24, 2.45) is 0 Å². The molecule has 0 atom stereocenters. The summed E-state index contributed by atoms with van der Waals surface area (Å²) in [6.07, 6.45) is 28.0. The van der Waals surface area contributed by atoms with Gasteiger partial charge < -0.3 is 47.2 Å². The van der Waals surface area contributed by atoms with Gasteiger partial charge in [0.2, 0.25) is 30.1 Å². The predicted octanol–water partition coefficient (Wildman–Crippen LogP) is 17.4. The number of nitrogens with zero attached hydrogens (tertiary/aromatic N) is 20. The minimum atomic E-state index is -3.30. The van der Waals surface area contributed by atoms with E-state index < -0.39 is 65.4 Å². The summed E-state index contributed by atoms with van der Waals surface area (Å²) < 4.78 is 117. The van der Waals surface area contributed by atoms with Gasteiger partial charge in [0.25, 0.3) is 0 Å². The number of halogens is 2. The lowest BCUT2D eigenvalue weighted by molar-refractivity contribution is 0.00578. The molecule has 4 aliphatic heterocycles. The Morgan fingerprint density at radius 2 is 0.843 bits per heavy atom. The number of rotatable bonds is 29. The van der Waals surface area contributed by atoms with E-state index in [2.05, 4.69) is 180 Å². The van der Waals surface area contributed by atoms with Crippen molar-refractivity contribution in [3.05, 3.63) is 191 Å². The second kappa shape index (κ2) is 45.5. The van der Waals surface area contributed by atoms with Gasteiger partial charge in [-0.2, -0.15) is 49.1 Å². The third kappa shape index (κ3) is 26.2. The normalized spacial score (nSPS) is 15.7. The van der Waals surface area contributed by atoms with Gasteiger partial charge in [-0.25, -0.2) is 50.2 Å². The molecule has 44 heteroatoms. The zero-order valence-corrected chi connectivity index (χ0v) is 92.2. The molecule has 0 unspecified atom stereocenters. The van der Waals surface area contributed by atoms with Crippen molar-refractivity contribution in [1.82, 2.24) is 101 Å². The maximum absolute atomic E-state index is 12.3. The average Bonchev–Trinajstić information content (AvgIpc) is 1.45. The number of fused-ring (bicyclic) bond motifs is 5. The molecule has 14 aromatic rings. The van der Waals surface area contributed by atoms with Crippen LogP contribution in [0.3, 0.4) is 0 Å². The molecule has 18 rings (SSSR count). The summed E-state index contributed by atoms with van der Waals surface area (Å²) in [5.74, 6) is 0.237. The maximum Gasteiger partial charge on any atom is 0.498 e. The zero-order chi connectivity index (χ0) is 102. The van der Waals surface area contributed by atoms with Gasteiger partial charge in [-0.1, -0.05) is 58.9 Å². The average molecular weight is 2150 g/mol. The van der Waals surface area contributed by atoms with E-state index in [4.69, 9.17) is 33.9 Å². The number of hydrogen-bond acceptors (Lipinski definition) is 23. The highest BCUT2D eigenvalue weighted by molar-refractivity contribution is 9.11. The molecular formula is C96H129BBr2N24O11S3Si3. The third-order valence-corrected chi connectivity index (χ3v) is 37.1. The summed E-state index contributed by atoms with van der Waals surface area (Å²) in [7, 11) is -13.1. The molecule has 0 saturated carbocycles. The first-order chi connectivity index (χ1) is 66.1. The van der Waals surface area contributed by atoms with E-state index in [-0.39, 0.29) is 74.6 Å². The Morgan fingerprint density at radius 3 is 1.24 bits per heavy atom. The predicted molar refractivity (Wildman–Crippen MR) is 566 cm³/mol. The van der Waals surface area contributed by atoms with E-state index in [9.17, 15) is 35.8 Å². The van der Waals surface area contributed by atoms with Gasteiger partial charge in [-0.05, 0) is 209 Å². The maximum atomic E-state index is 12.3. The van der Waals surface area contributed by atoms with Crippen molar-refractivity contribution in [3.63, 3.8) is 0 Å². The first kappa shape index (κ1) is 109. The van der Waals surface area contributed by atoms with Crippen molar-refractivity contribution in [3.8, 4) is 51.6 Å². The molecule has 4 saturated heterocycles. The van der Waals surface area contributed by atoms with Crippen LogP contribution in [0.25, 0.3) is 88.5 Å². The molecule has 746 valence electrons. The van der Waals surface area contributed by atoms with Gasteiger partial charge in [0.1, 0.15) is 59.5 Å². The van der Waals surface area contributed by atoms with Crippen LogP contribution in [0.5, 0.6) is 0 Å². The summed E-state index contributed by atoms with van der Waals surface area (Å²) in [5, 5.41) is 55.8. The fourth-order valence-corrected chi connectivity index (χ4v) is 22.5. The van der Waals surface area contributed by atoms with Crippen LogP contribution in [-0.4, -0.2) is 246 Å². The first-order valence-electron chi connectivity index (χ1n) is 46.6. The van der Waals surface area contributed by atoms with Crippen molar-refractivity contribution >= 4 is 154 Å². The largest absolute Gasteiger partial charge is 0.498 e. The van der Waals surface area contributed by atoms with Crippen LogP contribution in [0, 0.1) is 61.7 Å². The quantitative estimate of drug-likeness (QED) is 0.0192. The molecule has 18 heterocycles. The minimum absolute atomic E-state index is 0.0485. The van der Waals surface area contributed by atoms with E-state index in [1.165, 1.54) is 31.1 Å². The second-order valence-corrected chi connectivity index (χ2v) is 65.2. The summed E-state index contributed by atoms with van der Waals surface area (Å²) in [4.78, 5) is 28.1. The molecule has 0 radical (unpaired) electrons. The van der Waals surface area contributed by atoms with E-state index in [1.54, 1.807) is 54.9 Å². The Labute approximate surface area is 840 Å². The number of nitrogens with one attached hydrogen (secondary N) is 4. The molecule has 0 spiro atoms. The van der Waals surface area contributed by atoms with Crippen LogP contribution in [0.4, 0.5) is 0 Å². The number of allylic oxidation sites excluding steroid dienone is 1. The summed E-state index contributed by atoms with van der Waals surface area (Å²) in [5.41, 5.74) is 14.4. The molecule has 4 aliphatic rings. The van der Waals surface area contributed by atoms with Crippen molar-refractivity contribution < 1.29 is 48.8 Å². The van der Waals surface area contributed by atoms with Gasteiger partial charge in [0.05, 0.1) is 77.1 Å². The van der Waals surface area contributed by atoms with Crippen molar-refractivity contribution in [2.75, 3.05) is 76.3 Å². The van der Waals surface area contributed by atoms with E-state index in [0.717, 1.165) is 157 Å². The van der Waals surface area contributed by atoms with Crippen LogP contribution in [0.1, 0.15) is 84.1 Å². The van der Waals surface area contributed by atoms with E-state index in [1.807, 2.05) is 181 Å². The van der Waals surface area contributed by atoms with Crippen molar-refractivity contribution in [2.45, 2.75) is 209 Å². The number of H-pyrrole nitrogens is 4. The summed E-state index contributed by atoms with van der Waals surface area (Å²) in [6.45, 7) is 47.9. The van der Waals surface area contributed by atoms with Crippen LogP contribution in [0.15, 0.2) is 168 Å². The van der Waals surface area contributed by atoms with Crippen LogP contribution < -0.4 is 5.46 Å². The van der Waals surface area contributed by atoms with Crippen molar-refractivity contribution in [1.29, 1.82) is 15.8 Å². The molecule has 0 aliphatic carbocycles. The number of hydrogen-bond donors (Lipinski definition) is 4. The number of nitriles is 3. The van der Waals surface area contributed by atoms with Crippen LogP contribution in [-0.2, 0) is 84.9 Å². The zero-order valence-electron chi connectivity index (χ0n) is 83.6. The number of pyridine rings is 5. The molecule has 4 fully saturated rings. The lowest BCUT2D eigenvalue weighted by atomic mass is 9.79. The Balaban J connectivity index is 0.000000151. The van der Waals surface area contributed by atoms with Crippen LogP contribution in [0.2, 0.25) is 77.1 Å². The number of aromatic amines is 4. The lowest BCUT2D eigenvalue weighted by Crippen LogP contribution is -2.64. The first-order valence-corrected chi connectivity index (χ1v) is 64.1. The number of aromatic nitrogens is 18. The fraction of sp³-hybridized carbons (Fsp3) is 0.458. The van der Waals surface area contributed by atoms with E-state index in [0.29, 0.717) is 33.3 Å². The number of aryl methyl sites for hydroxylation is 4. The smallest absolute Gasteiger partial charge is 0.399 e. The second-order valence-electron chi connectivity index (χ2n) is 39.9. The highest BCUT2D eigenvalue weighted by Crippen LogP contribution is 2.42. The molecular weight excluding hydrogens is 2020 g/mol. The molecule has 4 N–H and O–H groups in total. The molecule has 0 bridgehead atoms. The van der Waals surface area contributed by atoms with Crippen LogP contribution >= 0.6 is 31.9 Å². The fourth-order valence-electron chi connectivity index (χ4n) is 15.8. The van der Waals surface area contributed by atoms with Gasteiger partial charge in [0.15, 0.2) is 0 Å². The molecule has 0 amide bonds. The highest BCUT2D eigenvalue weighted by atomic mass is 79.9. The monoisotopic (exact) mass is 2140 g/mol. The third-order valence-electron chi connectivity index (χ3n) is 25.3. The molecule has 0 aromatic carbocycles. The molecule has 14 aromatic heterocycles. The standard InChI is InChI=1S/C24H34N6O3SSi.C18H20N6O2S.C17H24N4OSi.C13H19BrN2OSi.C10H17BN2O2.C7H5BrN2.C7H10N2O2S/c1-6-34(31,32)29-16-24(17-29,9-10-25)30-15-22(19(2)27-30)20-7-11-26-23-21(20)8-12-28(23)18-33-13-14-35(3,4)5;1-3-27(25,26)23-11-18(12-23,6-7-19)24-10-16(13(2)22-24)14-4-8-20-17-15(14)5-9-21-17;1-13-16(11-19-20-13)14-5-7-18-17-15(14)6-8-21(17)12-22-9-10-23(2,3)4;1-18(2,3)9-8-17-10-16-7-5-11-12(14)4-6-15-13(11)16;1-7-8(6-12-13-7)11-14-9(2,3)10(4,5)15-11;8-6-2-4-10-7-5(6)1-3-9-7;1-2-12(10,11)9-5-7(6-9)3-4-8/h7-8,11-12,15H,6,9,13-14,16-18H2,1-5H3;4-5,8-10H,3,6,11-12H2,1-2H3,(H,20,21);5-8,11H,9-10,12H2,1-4H3,(H,19,20);4-7H,8-10H2,1-3H3;6H,1-5H3,(H,12,13);1-4H,(H,9,10);3H,2,5-6H2,1H3. The topological polar surface area (TPSA) is 433 Å². The van der Waals surface area contributed by atoms with Gasteiger partial charge >= 0.3 is 7.12 Å². The number of ether oxygens (including phenoxy) is 3. The Hall–Kier alpha value is -10.3. The Morgan fingerprint density at radius 1 is 0.471 bits per heavy atom. The lowest BCUT2D eigenvalue weighted by Gasteiger charge is -2.47. The van der Waals surface area contributed by atoms with Gasteiger partial charge in [-0.15, -0.1) is 0 Å². The minimum Gasteiger partial charge on any atom is -0.399 e. The van der Waals surface area contributed by atoms with Gasteiger partial charge in [0, 0.05) is 239 Å². The Bertz CT molecular complexity index is 7150. The Kier molecular flexibility index (Phi) is 35.3. The van der Waals surface area contributed by atoms with E-state index >= 15 is 0 Å². The summed E-state index contributed by atoms with van der Waals surface area (Å²) in [6, 6.07) is 29.8. The molecule has 35 nitrogen and oxygen atoms in total. The summed E-state index contributed by atoms with van der Waals surface area (Å²) >= 11 is 6.95. The number of sulfonamides is 3.